The van der Waals surface area contributed by atoms with Crippen LogP contribution in [0.1, 0.15) is 13.3 Å². The van der Waals surface area contributed by atoms with Gasteiger partial charge in [0.25, 0.3) is 0 Å². The fraction of sp³-hybridized carbons (Fsp3) is 0.538. The van der Waals surface area contributed by atoms with E-state index in [1.807, 2.05) is 12.1 Å². The van der Waals surface area contributed by atoms with Crippen molar-refractivity contribution in [1.82, 2.24) is 5.32 Å². The summed E-state index contributed by atoms with van der Waals surface area (Å²) in [6.45, 7) is 4.10. The van der Waals surface area contributed by atoms with Crippen LogP contribution in [0, 0.1) is 0 Å². The summed E-state index contributed by atoms with van der Waals surface area (Å²) in [6.07, 6.45) is 1.12. The molecule has 0 saturated carbocycles. The van der Waals surface area contributed by atoms with Gasteiger partial charge in [-0.2, -0.15) is 0 Å². The normalized spacial score (nSPS) is 24.2. The van der Waals surface area contributed by atoms with E-state index < -0.39 is 0 Å². The van der Waals surface area contributed by atoms with Crippen molar-refractivity contribution >= 4 is 11.4 Å². The molecule has 0 radical (unpaired) electrons. The highest BCUT2D eigenvalue weighted by Gasteiger charge is 2.28. The Kier molecular flexibility index (Phi) is 3.86. The lowest BCUT2D eigenvalue weighted by Crippen LogP contribution is -2.34. The Labute approximate surface area is 102 Å². The topological polar surface area (TPSA) is 61.5 Å². The van der Waals surface area contributed by atoms with E-state index in [0.29, 0.717) is 18.6 Å². The van der Waals surface area contributed by atoms with E-state index in [0.717, 1.165) is 18.7 Å². The number of rotatable bonds is 4. The molecule has 1 heterocycles. The molecule has 17 heavy (non-hydrogen) atoms. The molecule has 4 heteroatoms. The molecule has 4 N–H and O–H groups in total. The summed E-state index contributed by atoms with van der Waals surface area (Å²) in [5.41, 5.74) is 7.72. The fourth-order valence-electron chi connectivity index (χ4n) is 2.47. The first-order chi connectivity index (χ1) is 8.20. The van der Waals surface area contributed by atoms with Crippen molar-refractivity contribution in [2.45, 2.75) is 25.4 Å². The van der Waals surface area contributed by atoms with Crippen molar-refractivity contribution in [1.29, 1.82) is 0 Å². The van der Waals surface area contributed by atoms with Crippen LogP contribution in [0.3, 0.4) is 0 Å². The van der Waals surface area contributed by atoms with Crippen LogP contribution >= 0.6 is 0 Å². The van der Waals surface area contributed by atoms with Crippen LogP contribution in [-0.2, 0) is 0 Å². The van der Waals surface area contributed by atoms with E-state index in [2.05, 4.69) is 29.3 Å². The van der Waals surface area contributed by atoms with Gasteiger partial charge in [-0.05, 0) is 37.6 Å². The van der Waals surface area contributed by atoms with Crippen molar-refractivity contribution in [3.63, 3.8) is 0 Å². The molecule has 1 saturated heterocycles. The minimum atomic E-state index is 0.201. The van der Waals surface area contributed by atoms with Gasteiger partial charge in [0.2, 0.25) is 0 Å². The summed E-state index contributed by atoms with van der Waals surface area (Å²) in [5, 5.41) is 12.2. The molecule has 0 spiro atoms. The highest BCUT2D eigenvalue weighted by atomic mass is 16.3. The minimum absolute atomic E-state index is 0.201. The van der Waals surface area contributed by atoms with Crippen LogP contribution in [0.25, 0.3) is 0 Å². The highest BCUT2D eigenvalue weighted by Crippen LogP contribution is 2.26. The molecule has 0 aromatic heterocycles. The quantitative estimate of drug-likeness (QED) is 0.676. The molecule has 1 aliphatic rings. The van der Waals surface area contributed by atoms with E-state index in [4.69, 9.17) is 10.8 Å². The molecule has 4 nitrogen and oxygen atoms in total. The zero-order chi connectivity index (χ0) is 12.3. The zero-order valence-electron chi connectivity index (χ0n) is 10.3. The van der Waals surface area contributed by atoms with Gasteiger partial charge in [0.1, 0.15) is 0 Å². The van der Waals surface area contributed by atoms with Crippen LogP contribution < -0.4 is 16.0 Å². The number of benzene rings is 1. The Hall–Kier alpha value is -1.26. The zero-order valence-corrected chi connectivity index (χ0v) is 10.3. The second kappa shape index (κ2) is 5.38. The smallest absolute Gasteiger partial charge is 0.0556 e. The predicted molar refractivity (Wildman–Crippen MR) is 71.2 cm³/mol. The van der Waals surface area contributed by atoms with Crippen molar-refractivity contribution in [3.8, 4) is 0 Å². The van der Waals surface area contributed by atoms with Crippen molar-refractivity contribution in [2.75, 3.05) is 30.3 Å². The number of nitrogens with one attached hydrogen (secondary N) is 1. The van der Waals surface area contributed by atoms with Gasteiger partial charge < -0.3 is 21.1 Å². The van der Waals surface area contributed by atoms with Crippen molar-refractivity contribution in [2.24, 2.45) is 0 Å². The maximum Gasteiger partial charge on any atom is 0.0556 e. The summed E-state index contributed by atoms with van der Waals surface area (Å²) < 4.78 is 0. The maximum atomic E-state index is 8.82. The van der Waals surface area contributed by atoms with E-state index in [9.17, 15) is 0 Å². The summed E-state index contributed by atoms with van der Waals surface area (Å²) >= 11 is 0. The average Bonchev–Trinajstić information content (AvgIpc) is 2.69. The number of aliphatic hydroxyl groups excluding tert-OH is 1. The van der Waals surface area contributed by atoms with E-state index in [-0.39, 0.29) is 6.61 Å². The van der Waals surface area contributed by atoms with Gasteiger partial charge in [0.15, 0.2) is 0 Å². The average molecular weight is 235 g/mol. The third-order valence-corrected chi connectivity index (χ3v) is 3.34. The maximum absolute atomic E-state index is 8.82. The molecule has 2 rings (SSSR count). The third kappa shape index (κ3) is 2.90. The molecule has 1 aromatic rings. The number of nitrogens with two attached hydrogens (primary N) is 1. The summed E-state index contributed by atoms with van der Waals surface area (Å²) in [6, 6.07) is 9.01. The molecule has 94 valence electrons. The molecule has 0 bridgehead atoms. The Morgan fingerprint density at radius 2 is 2.12 bits per heavy atom. The second-order valence-corrected chi connectivity index (χ2v) is 4.70. The Bertz CT molecular complexity index is 352. The van der Waals surface area contributed by atoms with Gasteiger partial charge in [0.05, 0.1) is 6.61 Å². The lowest BCUT2D eigenvalue weighted by Gasteiger charge is -2.23. The van der Waals surface area contributed by atoms with Gasteiger partial charge in [0, 0.05) is 36.5 Å². The Morgan fingerprint density at radius 3 is 2.76 bits per heavy atom. The molecular formula is C13H21N3O. The molecule has 0 aliphatic carbocycles. The van der Waals surface area contributed by atoms with E-state index in [1.165, 1.54) is 5.69 Å². The van der Waals surface area contributed by atoms with Crippen molar-refractivity contribution in [3.05, 3.63) is 24.3 Å². The molecule has 1 aromatic carbocycles. The van der Waals surface area contributed by atoms with Crippen LogP contribution in [-0.4, -0.2) is 36.9 Å². The SMILES string of the molecule is CC1CC(NCCO)CN1c1ccc(N)cc1. The monoisotopic (exact) mass is 235 g/mol. The minimum Gasteiger partial charge on any atom is -0.399 e. The summed E-state index contributed by atoms with van der Waals surface area (Å²) in [7, 11) is 0. The van der Waals surface area contributed by atoms with Gasteiger partial charge in [-0.15, -0.1) is 0 Å². The second-order valence-electron chi connectivity index (χ2n) is 4.70. The highest BCUT2D eigenvalue weighted by molar-refractivity contribution is 5.54. The van der Waals surface area contributed by atoms with Gasteiger partial charge in [-0.1, -0.05) is 0 Å². The predicted octanol–water partition coefficient (Wildman–Crippen LogP) is 0.818. The number of aliphatic hydroxyl groups is 1. The number of anilines is 2. The molecule has 2 atom stereocenters. The number of nitrogens with zero attached hydrogens (tertiary/aromatic N) is 1. The van der Waals surface area contributed by atoms with Gasteiger partial charge >= 0.3 is 0 Å². The molecule has 2 unspecified atom stereocenters. The largest absolute Gasteiger partial charge is 0.399 e. The third-order valence-electron chi connectivity index (χ3n) is 3.34. The fourth-order valence-corrected chi connectivity index (χ4v) is 2.47. The molecular weight excluding hydrogens is 214 g/mol. The molecule has 1 aliphatic heterocycles. The van der Waals surface area contributed by atoms with Gasteiger partial charge in [-0.25, -0.2) is 0 Å². The lowest BCUT2D eigenvalue weighted by molar-refractivity contribution is 0.285. The van der Waals surface area contributed by atoms with Crippen LogP contribution in [0.2, 0.25) is 0 Å². The van der Waals surface area contributed by atoms with Crippen molar-refractivity contribution < 1.29 is 5.11 Å². The van der Waals surface area contributed by atoms with Crippen LogP contribution in [0.15, 0.2) is 24.3 Å². The standard InChI is InChI=1S/C13H21N3O/c1-10-8-12(15-6-7-17)9-16(10)13-4-2-11(14)3-5-13/h2-5,10,12,15,17H,6-9,14H2,1H3. The first-order valence-electron chi connectivity index (χ1n) is 6.17. The van der Waals surface area contributed by atoms with Crippen LogP contribution in [0.4, 0.5) is 11.4 Å². The summed E-state index contributed by atoms with van der Waals surface area (Å²) in [4.78, 5) is 2.38. The van der Waals surface area contributed by atoms with Gasteiger partial charge in [-0.3, -0.25) is 0 Å². The van der Waals surface area contributed by atoms with E-state index >= 15 is 0 Å². The van der Waals surface area contributed by atoms with E-state index in [1.54, 1.807) is 0 Å². The first kappa shape index (κ1) is 12.2. The summed E-state index contributed by atoms with van der Waals surface area (Å²) in [5.74, 6) is 0. The Balaban J connectivity index is 2.00. The number of nitrogen functional groups attached to an aromatic ring is 1. The molecule has 1 fully saturated rings. The number of hydrogen-bond acceptors (Lipinski definition) is 4. The number of hydrogen-bond donors (Lipinski definition) is 3. The van der Waals surface area contributed by atoms with Crippen LogP contribution in [0.5, 0.6) is 0 Å². The Morgan fingerprint density at radius 1 is 1.41 bits per heavy atom. The first-order valence-corrected chi connectivity index (χ1v) is 6.17. The lowest BCUT2D eigenvalue weighted by atomic mass is 10.2. The molecule has 0 amide bonds.